The van der Waals surface area contributed by atoms with Crippen molar-refractivity contribution in [3.63, 3.8) is 0 Å². The maximum atomic E-state index is 13.1. The Morgan fingerprint density at radius 3 is 2.21 bits per heavy atom. The van der Waals surface area contributed by atoms with Gasteiger partial charge in [-0.1, -0.05) is 60.7 Å². The van der Waals surface area contributed by atoms with Crippen LogP contribution < -0.4 is 5.56 Å². The molecule has 1 heterocycles. The fourth-order valence-corrected chi connectivity index (χ4v) is 3.03. The Hall–Kier alpha value is -3.29. The van der Waals surface area contributed by atoms with Crippen molar-refractivity contribution in [2.24, 2.45) is 0 Å². The van der Waals surface area contributed by atoms with E-state index in [1.807, 2.05) is 36.4 Å². The lowest BCUT2D eigenvalue weighted by Crippen LogP contribution is -2.35. The summed E-state index contributed by atoms with van der Waals surface area (Å²) in [6.45, 7) is 0.975. The van der Waals surface area contributed by atoms with E-state index in [4.69, 9.17) is 4.74 Å². The molecule has 29 heavy (non-hydrogen) atoms. The number of aliphatic hydroxyl groups is 2. The van der Waals surface area contributed by atoms with Crippen LogP contribution in [0.25, 0.3) is 22.4 Å². The molecule has 0 amide bonds. The largest absolute Gasteiger partial charge is 0.462 e. The van der Waals surface area contributed by atoms with E-state index < -0.39 is 24.2 Å². The van der Waals surface area contributed by atoms with Crippen molar-refractivity contribution in [1.82, 2.24) is 9.78 Å². The van der Waals surface area contributed by atoms with Crippen molar-refractivity contribution in [1.29, 1.82) is 0 Å². The smallest absolute Gasteiger partial charge is 0.344 e. The second-order valence-corrected chi connectivity index (χ2v) is 6.37. The molecule has 0 aliphatic carbocycles. The number of nitrogens with zero attached hydrogens (tertiary/aromatic N) is 2. The van der Waals surface area contributed by atoms with Crippen LogP contribution in [0.3, 0.4) is 0 Å². The van der Waals surface area contributed by atoms with Crippen LogP contribution in [-0.4, -0.2) is 45.3 Å². The van der Waals surface area contributed by atoms with Crippen LogP contribution in [0.15, 0.2) is 65.5 Å². The van der Waals surface area contributed by atoms with E-state index in [2.05, 4.69) is 5.10 Å². The molecule has 0 radical (unpaired) electrons. The average Bonchev–Trinajstić information content (AvgIpc) is 2.75. The summed E-state index contributed by atoms with van der Waals surface area (Å²) >= 11 is 0. The molecule has 0 bridgehead atoms. The number of hydrogen-bond donors (Lipinski definition) is 2. The molecule has 2 aromatic carbocycles. The summed E-state index contributed by atoms with van der Waals surface area (Å²) in [7, 11) is 0. The van der Waals surface area contributed by atoms with Gasteiger partial charge in [-0.3, -0.25) is 4.79 Å². The van der Waals surface area contributed by atoms with Crippen molar-refractivity contribution in [3.05, 3.63) is 76.6 Å². The van der Waals surface area contributed by atoms with E-state index in [0.29, 0.717) is 22.4 Å². The second-order valence-electron chi connectivity index (χ2n) is 6.37. The Morgan fingerprint density at radius 1 is 1.07 bits per heavy atom. The summed E-state index contributed by atoms with van der Waals surface area (Å²) in [5, 5.41) is 23.5. The third-order valence-corrected chi connectivity index (χ3v) is 4.34. The topological polar surface area (TPSA) is 102 Å². The van der Waals surface area contributed by atoms with E-state index in [9.17, 15) is 19.8 Å². The van der Waals surface area contributed by atoms with E-state index in [-0.39, 0.29) is 18.7 Å². The number of aliphatic hydroxyl groups excluding tert-OH is 2. The van der Waals surface area contributed by atoms with Crippen LogP contribution in [0.1, 0.15) is 17.3 Å². The molecule has 3 aromatic rings. The molecule has 0 spiro atoms. The first kappa shape index (κ1) is 20.4. The van der Waals surface area contributed by atoms with E-state index in [1.54, 1.807) is 31.2 Å². The maximum absolute atomic E-state index is 13.1. The highest BCUT2D eigenvalue weighted by Gasteiger charge is 2.26. The lowest BCUT2D eigenvalue weighted by atomic mass is 9.95. The van der Waals surface area contributed by atoms with Gasteiger partial charge in [0.05, 0.1) is 31.6 Å². The molecule has 1 atom stereocenters. The van der Waals surface area contributed by atoms with Gasteiger partial charge in [-0.05, 0) is 12.5 Å². The summed E-state index contributed by atoms with van der Waals surface area (Å²) in [6.07, 6.45) is -1.19. The third kappa shape index (κ3) is 4.42. The SMILES string of the molecule is CCOC(=O)c1c(-c2ccccc2)c(-c2ccccc2)nn(CC(O)CO)c1=O. The van der Waals surface area contributed by atoms with Gasteiger partial charge in [0.25, 0.3) is 5.56 Å². The lowest BCUT2D eigenvalue weighted by molar-refractivity contribution is 0.0520. The van der Waals surface area contributed by atoms with Crippen molar-refractivity contribution >= 4 is 5.97 Å². The molecule has 7 heteroatoms. The predicted molar refractivity (Wildman–Crippen MR) is 108 cm³/mol. The molecule has 150 valence electrons. The van der Waals surface area contributed by atoms with Gasteiger partial charge in [0.1, 0.15) is 5.56 Å². The first-order valence-electron chi connectivity index (χ1n) is 9.28. The maximum Gasteiger partial charge on any atom is 0.344 e. The highest BCUT2D eigenvalue weighted by Crippen LogP contribution is 2.32. The van der Waals surface area contributed by atoms with Crippen molar-refractivity contribution in [2.45, 2.75) is 19.6 Å². The minimum atomic E-state index is -1.19. The first-order chi connectivity index (χ1) is 14.1. The minimum Gasteiger partial charge on any atom is -0.462 e. The molecule has 3 rings (SSSR count). The highest BCUT2D eigenvalue weighted by molar-refractivity contribution is 6.00. The lowest BCUT2D eigenvalue weighted by Gasteiger charge is -2.17. The number of aromatic nitrogens is 2. The number of carbonyl (C=O) groups is 1. The molecule has 0 aliphatic heterocycles. The molecule has 0 saturated heterocycles. The molecular formula is C22H22N2O5. The Bertz CT molecular complexity index is 1030. The number of carbonyl (C=O) groups excluding carboxylic acids is 1. The summed E-state index contributed by atoms with van der Waals surface area (Å²) in [4.78, 5) is 25.9. The monoisotopic (exact) mass is 394 g/mol. The van der Waals surface area contributed by atoms with E-state index in [1.165, 1.54) is 0 Å². The molecule has 0 saturated carbocycles. The number of rotatable bonds is 7. The minimum absolute atomic E-state index is 0.106. The Kier molecular flexibility index (Phi) is 6.54. The quantitative estimate of drug-likeness (QED) is 0.595. The summed E-state index contributed by atoms with van der Waals surface area (Å²) in [6, 6.07) is 18.2. The van der Waals surface area contributed by atoms with Gasteiger partial charge >= 0.3 is 5.97 Å². The van der Waals surface area contributed by atoms with Crippen molar-refractivity contribution < 1.29 is 19.7 Å². The Balaban J connectivity index is 2.38. The van der Waals surface area contributed by atoms with Crippen molar-refractivity contribution in [3.8, 4) is 22.4 Å². The highest BCUT2D eigenvalue weighted by atomic mass is 16.5. The average molecular weight is 394 g/mol. The molecule has 1 aromatic heterocycles. The molecule has 0 fully saturated rings. The number of benzene rings is 2. The van der Waals surface area contributed by atoms with Crippen LogP contribution in [0.2, 0.25) is 0 Å². The van der Waals surface area contributed by atoms with Gasteiger partial charge in [-0.2, -0.15) is 5.10 Å². The fourth-order valence-electron chi connectivity index (χ4n) is 3.03. The van der Waals surface area contributed by atoms with Gasteiger partial charge in [0, 0.05) is 11.1 Å². The van der Waals surface area contributed by atoms with E-state index >= 15 is 0 Å². The zero-order valence-electron chi connectivity index (χ0n) is 16.0. The van der Waals surface area contributed by atoms with Gasteiger partial charge in [-0.25, -0.2) is 9.48 Å². The molecule has 2 N–H and O–H groups in total. The second kappa shape index (κ2) is 9.27. The molecular weight excluding hydrogens is 372 g/mol. The Labute approximate surface area is 167 Å². The fraction of sp³-hybridized carbons (Fsp3) is 0.227. The van der Waals surface area contributed by atoms with Crippen LogP contribution in [-0.2, 0) is 11.3 Å². The van der Waals surface area contributed by atoms with Crippen molar-refractivity contribution in [2.75, 3.05) is 13.2 Å². The van der Waals surface area contributed by atoms with Gasteiger partial charge in [-0.15, -0.1) is 0 Å². The van der Waals surface area contributed by atoms with Crippen LogP contribution in [0, 0.1) is 0 Å². The van der Waals surface area contributed by atoms with Crippen LogP contribution >= 0.6 is 0 Å². The predicted octanol–water partition coefficient (Wildman–Crippen LogP) is 2.11. The van der Waals surface area contributed by atoms with Gasteiger partial charge in [0.2, 0.25) is 0 Å². The molecule has 1 unspecified atom stereocenters. The van der Waals surface area contributed by atoms with Gasteiger partial charge < -0.3 is 14.9 Å². The molecule has 0 aliphatic rings. The number of esters is 1. The Morgan fingerprint density at radius 2 is 1.66 bits per heavy atom. The number of hydrogen-bond acceptors (Lipinski definition) is 6. The normalized spacial score (nSPS) is 11.8. The number of ether oxygens (including phenoxy) is 1. The van der Waals surface area contributed by atoms with E-state index in [0.717, 1.165) is 4.68 Å². The third-order valence-electron chi connectivity index (χ3n) is 4.34. The zero-order valence-corrected chi connectivity index (χ0v) is 16.0. The summed E-state index contributed by atoms with van der Waals surface area (Å²) in [5.41, 5.74) is 1.28. The standard InChI is InChI=1S/C22H22N2O5/c1-2-29-22(28)19-18(15-9-5-3-6-10-15)20(16-11-7-4-8-12-16)23-24(21(19)27)13-17(26)14-25/h3-12,17,25-26H,2,13-14H2,1H3. The summed E-state index contributed by atoms with van der Waals surface area (Å²) < 4.78 is 6.16. The summed E-state index contributed by atoms with van der Waals surface area (Å²) in [5.74, 6) is -0.761. The van der Waals surface area contributed by atoms with Gasteiger partial charge in [0.15, 0.2) is 0 Å². The zero-order chi connectivity index (χ0) is 20.8. The first-order valence-corrected chi connectivity index (χ1v) is 9.28. The van der Waals surface area contributed by atoms with Crippen LogP contribution in [0.4, 0.5) is 0 Å². The molecule has 7 nitrogen and oxygen atoms in total. The van der Waals surface area contributed by atoms with Crippen LogP contribution in [0.5, 0.6) is 0 Å².